The highest BCUT2D eigenvalue weighted by molar-refractivity contribution is 8.51. The number of fused-ring (bicyclic) bond motifs is 3. The van der Waals surface area contributed by atoms with Gasteiger partial charge in [0.1, 0.15) is 48.2 Å². The molecule has 0 radical (unpaired) electrons. The van der Waals surface area contributed by atoms with Crippen LogP contribution in [0.1, 0.15) is 126 Å². The highest BCUT2D eigenvalue weighted by atomic mass is 32.7. The highest BCUT2D eigenvalue weighted by Gasteiger charge is 2.53. The van der Waals surface area contributed by atoms with Crippen LogP contribution in [-0.2, 0) is 52.2 Å². The van der Waals surface area contributed by atoms with E-state index in [9.17, 15) is 38.8 Å². The van der Waals surface area contributed by atoms with E-state index in [2.05, 4.69) is 0 Å². The number of aliphatic hydroxyl groups is 2. The number of carbonyl (C=O) groups is 5. The van der Waals surface area contributed by atoms with E-state index in [0.29, 0.717) is 56.9 Å². The summed E-state index contributed by atoms with van der Waals surface area (Å²) < 4.78 is 41.9. The van der Waals surface area contributed by atoms with Crippen LogP contribution in [0.4, 0.5) is 0 Å². The number of nitrogens with zero attached hydrogens (tertiary/aromatic N) is 1. The molecule has 68 heavy (non-hydrogen) atoms. The van der Waals surface area contributed by atoms with Gasteiger partial charge >= 0.3 is 13.0 Å². The van der Waals surface area contributed by atoms with Crippen molar-refractivity contribution in [1.29, 1.82) is 0 Å². The second kappa shape index (κ2) is 27.1. The molecule has 1 amide bonds. The number of methoxy groups -OCH3 is 3. The average Bonchev–Trinajstić information content (AvgIpc) is 3.30. The Morgan fingerprint density at radius 3 is 2.28 bits per heavy atom. The Morgan fingerprint density at radius 2 is 1.62 bits per heavy atom. The van der Waals surface area contributed by atoms with Crippen molar-refractivity contribution in [3.05, 3.63) is 47.6 Å². The number of ether oxygens (including phenoxy) is 5. The molecule has 3 aliphatic heterocycles. The molecule has 3 fully saturated rings. The quantitative estimate of drug-likeness (QED) is 0.102. The largest absolute Gasteiger partial charge is 0.460 e. The number of Topliss-reactive ketones (excluding diaryl/α,β-unsaturated/α-hetero) is 3. The van der Waals surface area contributed by atoms with Crippen LogP contribution in [-0.4, -0.2) is 133 Å². The van der Waals surface area contributed by atoms with Crippen LogP contribution in [0.25, 0.3) is 0 Å². The third kappa shape index (κ3) is 15.6. The van der Waals surface area contributed by atoms with Crippen LogP contribution < -0.4 is 0 Å². The molecule has 14 nitrogen and oxygen atoms in total. The van der Waals surface area contributed by atoms with E-state index in [1.54, 1.807) is 47.7 Å². The van der Waals surface area contributed by atoms with Gasteiger partial charge < -0.3 is 38.8 Å². The molecule has 0 aromatic carbocycles. The summed E-state index contributed by atoms with van der Waals surface area (Å²) in [6, 6.07) is -1.14. The van der Waals surface area contributed by atoms with Gasteiger partial charge in [-0.15, -0.1) is 0 Å². The Labute approximate surface area is 410 Å². The fourth-order valence-corrected chi connectivity index (χ4v) is 13.3. The molecule has 16 heteroatoms. The van der Waals surface area contributed by atoms with E-state index in [-0.39, 0.29) is 60.1 Å². The number of hydrogen-bond donors (Lipinski definition) is 2. The maximum absolute atomic E-state index is 14.5. The van der Waals surface area contributed by atoms with Crippen LogP contribution in [0.3, 0.4) is 0 Å². The molecular weight excluding hydrogens is 910 g/mol. The highest BCUT2D eigenvalue weighted by Crippen LogP contribution is 2.46. The number of hydrogen-bond acceptors (Lipinski definition) is 14. The first-order valence-corrected chi connectivity index (χ1v) is 27.9. The molecule has 3 unspecified atom stereocenters. The van der Waals surface area contributed by atoms with E-state index >= 15 is 0 Å². The van der Waals surface area contributed by atoms with Gasteiger partial charge in [-0.05, 0) is 107 Å². The summed E-state index contributed by atoms with van der Waals surface area (Å²) in [6.45, 7) is 14.5. The first-order chi connectivity index (χ1) is 32.1. The molecular formula is C52H81NO13PS+. The minimum absolute atomic E-state index is 0.0171. The Hall–Kier alpha value is -2.88. The lowest BCUT2D eigenvalue weighted by Gasteiger charge is -2.42. The number of ketones is 3. The first kappa shape index (κ1) is 57.7. The zero-order valence-electron chi connectivity index (χ0n) is 42.4. The molecule has 4 aliphatic rings. The summed E-state index contributed by atoms with van der Waals surface area (Å²) in [4.78, 5) is 72.2. The van der Waals surface area contributed by atoms with Gasteiger partial charge in [-0.25, -0.2) is 4.79 Å². The first-order valence-electron chi connectivity index (χ1n) is 24.7. The molecule has 382 valence electrons. The second-order valence-electron chi connectivity index (χ2n) is 20.1. The molecule has 2 bridgehead atoms. The van der Waals surface area contributed by atoms with E-state index < -0.39 is 84.8 Å². The van der Waals surface area contributed by atoms with Crippen molar-refractivity contribution in [1.82, 2.24) is 4.90 Å². The van der Waals surface area contributed by atoms with Crippen molar-refractivity contribution >= 4 is 47.6 Å². The SMILES string of the molecule is CO[C@H]1C[C@@H]2CC[C@@H](C)[C@@](O)(O2)C(=O)C(=O)N2CCCCC2C(=O)O[C@H]([C@H](C)C[C@@H]2CCC(S[P+](C)=O)[C@H](OC)C2)CC(=O)[C@H](C)/C=C(\C)[C@@H](O)[C@@H](OC)C(=O)[C@H](C)C[C@H](C)/C=C/C=C/C=C/1C. The van der Waals surface area contributed by atoms with Gasteiger partial charge in [-0.1, -0.05) is 75.6 Å². The van der Waals surface area contributed by atoms with Gasteiger partial charge in [-0.2, -0.15) is 0 Å². The number of aliphatic hydroxyl groups excluding tert-OH is 1. The number of allylic oxidation sites excluding steroid dienone is 6. The standard InChI is InChI=1S/C52H81NO13PS/c1-31-17-13-12-14-18-32(2)42(62-8)29-39-22-20-37(7)52(60,66-39)49(57)50(58)53-24-16-15-19-40(53)51(59)65-43(34(4)27-38-21-23-45(68-67(11)61)44(28-38)63-9)30-41(54)33(3)26-36(6)47(56)48(64-10)46(55)35(5)25-31/h12-14,17-18,26,31,33-35,37-40,42-45,47-48,56,60H,15-16,19-25,27-30H2,1-11H3/q+1/b14-12+,17-13+,32-18+,36-26+/t31-,33-,34-,35-,37-,38+,39+,40?,42+,43+,44-,45?,47-,48+,52-/m1/s1. The van der Waals surface area contributed by atoms with Crippen LogP contribution in [0.15, 0.2) is 47.6 Å². The number of carbonyl (C=O) groups excluding carboxylic acids is 5. The fourth-order valence-electron chi connectivity index (χ4n) is 10.4. The van der Waals surface area contributed by atoms with Gasteiger partial charge in [0.2, 0.25) is 5.79 Å². The average molecular weight is 991 g/mol. The minimum Gasteiger partial charge on any atom is -0.460 e. The molecule has 2 saturated heterocycles. The van der Waals surface area contributed by atoms with Gasteiger partial charge in [0.25, 0.3) is 11.7 Å². The molecule has 0 spiro atoms. The lowest BCUT2D eigenvalue weighted by molar-refractivity contribution is -0.265. The summed E-state index contributed by atoms with van der Waals surface area (Å²) in [5.74, 6) is -7.90. The molecule has 1 saturated carbocycles. The molecule has 3 heterocycles. The van der Waals surface area contributed by atoms with Gasteiger partial charge in [0.05, 0.1) is 23.6 Å². The fraction of sp³-hybridized carbons (Fsp3) is 0.750. The lowest BCUT2D eigenvalue weighted by Crippen LogP contribution is -2.61. The topological polar surface area (TPSA) is 192 Å². The predicted molar refractivity (Wildman–Crippen MR) is 264 cm³/mol. The Morgan fingerprint density at radius 1 is 0.897 bits per heavy atom. The molecule has 0 aromatic rings. The molecule has 16 atom stereocenters. The summed E-state index contributed by atoms with van der Waals surface area (Å²) >= 11 is 1.44. The number of rotatable bonds is 8. The Bertz CT molecular complexity index is 1890. The van der Waals surface area contributed by atoms with Crippen molar-refractivity contribution in [3.63, 3.8) is 0 Å². The Balaban J connectivity index is 1.70. The van der Waals surface area contributed by atoms with E-state index in [1.807, 2.05) is 58.1 Å². The van der Waals surface area contributed by atoms with E-state index in [0.717, 1.165) is 18.4 Å². The molecule has 2 N–H and O–H groups in total. The molecule has 1 aliphatic carbocycles. The van der Waals surface area contributed by atoms with Gasteiger partial charge in [-0.3, -0.25) is 19.2 Å². The zero-order chi connectivity index (χ0) is 50.5. The van der Waals surface area contributed by atoms with E-state index in [1.165, 1.54) is 23.4 Å². The smallest absolute Gasteiger partial charge is 0.407 e. The van der Waals surface area contributed by atoms with Crippen LogP contribution in [0.5, 0.6) is 0 Å². The van der Waals surface area contributed by atoms with Crippen LogP contribution in [0, 0.1) is 35.5 Å². The maximum Gasteiger partial charge on any atom is 0.407 e. The summed E-state index contributed by atoms with van der Waals surface area (Å²) in [7, 11) is 3.20. The van der Waals surface area contributed by atoms with Crippen molar-refractivity contribution in [2.45, 2.75) is 179 Å². The normalized spacial score (nSPS) is 39.4. The number of esters is 1. The lowest BCUT2D eigenvalue weighted by atomic mass is 9.79. The molecule has 0 aromatic heterocycles. The Kier molecular flexibility index (Phi) is 23.0. The third-order valence-corrected chi connectivity index (χ3v) is 17.5. The predicted octanol–water partition coefficient (Wildman–Crippen LogP) is 8.29. The van der Waals surface area contributed by atoms with E-state index in [4.69, 9.17) is 23.7 Å². The minimum atomic E-state index is -2.43. The van der Waals surface area contributed by atoms with Gasteiger partial charge in [0, 0.05) is 58.5 Å². The van der Waals surface area contributed by atoms with Crippen LogP contribution >= 0.6 is 18.4 Å². The zero-order valence-corrected chi connectivity index (χ0v) is 44.1. The summed E-state index contributed by atoms with van der Waals surface area (Å²) in [5, 5.41) is 23.5. The van der Waals surface area contributed by atoms with Crippen molar-refractivity contribution in [3.8, 4) is 0 Å². The number of amides is 1. The number of cyclic esters (lactones) is 1. The third-order valence-electron chi connectivity index (χ3n) is 14.7. The van der Waals surface area contributed by atoms with Crippen molar-refractivity contribution in [2.24, 2.45) is 35.5 Å². The monoisotopic (exact) mass is 991 g/mol. The van der Waals surface area contributed by atoms with Crippen LogP contribution in [0.2, 0.25) is 0 Å². The van der Waals surface area contributed by atoms with Gasteiger partial charge in [0.15, 0.2) is 5.78 Å². The number of piperidine rings is 1. The summed E-state index contributed by atoms with van der Waals surface area (Å²) in [5.41, 5.74) is 1.27. The van der Waals surface area contributed by atoms with Crippen molar-refractivity contribution in [2.75, 3.05) is 34.5 Å². The maximum atomic E-state index is 14.5. The molecule has 4 rings (SSSR count). The van der Waals surface area contributed by atoms with Crippen molar-refractivity contribution < 1.29 is 62.4 Å². The second-order valence-corrected chi connectivity index (χ2v) is 24.0. The summed E-state index contributed by atoms with van der Waals surface area (Å²) in [6.07, 6.45) is 12.5.